The number of aromatic nitrogens is 2. The van der Waals surface area contributed by atoms with Crippen LogP contribution in [-0.2, 0) is 0 Å². The van der Waals surface area contributed by atoms with E-state index in [0.29, 0.717) is 5.56 Å². The second-order valence-corrected chi connectivity index (χ2v) is 5.39. The fourth-order valence-electron chi connectivity index (χ4n) is 2.89. The maximum absolute atomic E-state index is 11.7. The summed E-state index contributed by atoms with van der Waals surface area (Å²) in [6, 6.07) is 20.1. The number of carbonyl (C=O) groups is 1. The Morgan fingerprint density at radius 3 is 2.35 bits per heavy atom. The van der Waals surface area contributed by atoms with Gasteiger partial charge in [0.1, 0.15) is 0 Å². The van der Waals surface area contributed by atoms with E-state index in [9.17, 15) is 4.79 Å². The maximum atomic E-state index is 11.7. The Hall–Kier alpha value is -3.20. The van der Waals surface area contributed by atoms with Crippen LogP contribution in [0.1, 0.15) is 10.4 Å². The van der Waals surface area contributed by atoms with Crippen LogP contribution >= 0.6 is 0 Å². The van der Waals surface area contributed by atoms with Crippen molar-refractivity contribution in [2.45, 2.75) is 0 Å². The molecule has 0 atom stereocenters. The van der Waals surface area contributed by atoms with Crippen LogP contribution in [0.4, 0.5) is 0 Å². The van der Waals surface area contributed by atoms with Crippen molar-refractivity contribution in [2.24, 2.45) is 0 Å². The summed E-state index contributed by atoms with van der Waals surface area (Å²) in [6.07, 6.45) is 4.37. The number of aromatic amines is 1. The van der Waals surface area contributed by atoms with Crippen molar-refractivity contribution in [3.05, 3.63) is 78.6 Å². The van der Waals surface area contributed by atoms with E-state index in [1.165, 1.54) is 0 Å². The van der Waals surface area contributed by atoms with Crippen LogP contribution in [-0.4, -0.2) is 16.3 Å². The molecule has 0 saturated heterocycles. The molecule has 4 rings (SSSR count). The van der Waals surface area contributed by atoms with Crippen LogP contribution in [0.15, 0.2) is 73.1 Å². The summed E-state index contributed by atoms with van der Waals surface area (Å²) in [5.41, 5.74) is 5.67. The van der Waals surface area contributed by atoms with Gasteiger partial charge in [-0.3, -0.25) is 9.78 Å². The lowest BCUT2D eigenvalue weighted by Crippen LogP contribution is -1.84. The van der Waals surface area contributed by atoms with Gasteiger partial charge in [0.15, 0.2) is 6.29 Å². The van der Waals surface area contributed by atoms with Crippen molar-refractivity contribution in [1.29, 1.82) is 0 Å². The van der Waals surface area contributed by atoms with E-state index in [1.54, 1.807) is 12.4 Å². The number of fused-ring (bicyclic) bond motifs is 1. The van der Waals surface area contributed by atoms with Gasteiger partial charge in [-0.2, -0.15) is 0 Å². The third kappa shape index (κ3) is 2.32. The minimum Gasteiger partial charge on any atom is -0.354 e. The number of carbonyl (C=O) groups excluding carboxylic acids is 1. The predicted octanol–water partition coefficient (Wildman–Crippen LogP) is 4.71. The van der Waals surface area contributed by atoms with Gasteiger partial charge in [-0.05, 0) is 35.4 Å². The summed E-state index contributed by atoms with van der Waals surface area (Å²) in [4.78, 5) is 19.1. The number of rotatable bonds is 3. The van der Waals surface area contributed by atoms with Gasteiger partial charge in [0.2, 0.25) is 0 Å². The van der Waals surface area contributed by atoms with Crippen molar-refractivity contribution < 1.29 is 4.79 Å². The van der Waals surface area contributed by atoms with Crippen molar-refractivity contribution in [1.82, 2.24) is 9.97 Å². The summed E-state index contributed by atoms with van der Waals surface area (Å²) in [5, 5.41) is 0.938. The van der Waals surface area contributed by atoms with Crippen LogP contribution in [0.5, 0.6) is 0 Å². The van der Waals surface area contributed by atoms with Gasteiger partial charge in [0, 0.05) is 34.4 Å². The molecule has 0 radical (unpaired) electrons. The Balaban J connectivity index is 1.94. The van der Waals surface area contributed by atoms with Gasteiger partial charge in [0.05, 0.1) is 5.69 Å². The molecule has 23 heavy (non-hydrogen) atoms. The van der Waals surface area contributed by atoms with Crippen molar-refractivity contribution in [3.8, 4) is 22.4 Å². The van der Waals surface area contributed by atoms with Crippen molar-refractivity contribution >= 4 is 17.2 Å². The zero-order valence-electron chi connectivity index (χ0n) is 12.4. The molecule has 0 spiro atoms. The van der Waals surface area contributed by atoms with Crippen molar-refractivity contribution in [3.63, 3.8) is 0 Å². The summed E-state index contributed by atoms with van der Waals surface area (Å²) >= 11 is 0. The largest absolute Gasteiger partial charge is 0.354 e. The fraction of sp³-hybridized carbons (Fsp3) is 0. The van der Waals surface area contributed by atoms with Crippen LogP contribution in [0.25, 0.3) is 33.3 Å². The standard InChI is InChI=1S/C20H14N2O/c23-13-18-17-12-16(14-4-2-1-3-5-14)6-7-19(17)22-20(18)15-8-10-21-11-9-15/h1-13,22H. The average Bonchev–Trinajstić information content (AvgIpc) is 3.01. The quantitative estimate of drug-likeness (QED) is 0.557. The first kappa shape index (κ1) is 13.5. The van der Waals surface area contributed by atoms with Crippen LogP contribution in [0.2, 0.25) is 0 Å². The fourth-order valence-corrected chi connectivity index (χ4v) is 2.89. The number of pyridine rings is 1. The molecule has 0 amide bonds. The first-order valence-electron chi connectivity index (χ1n) is 7.43. The Morgan fingerprint density at radius 2 is 1.61 bits per heavy atom. The lowest BCUT2D eigenvalue weighted by Gasteiger charge is -2.02. The smallest absolute Gasteiger partial charge is 0.152 e. The molecular formula is C20H14N2O. The first-order chi connectivity index (χ1) is 11.4. The molecule has 3 nitrogen and oxygen atoms in total. The Bertz CT molecular complexity index is 973. The van der Waals surface area contributed by atoms with Gasteiger partial charge in [0.25, 0.3) is 0 Å². The molecule has 2 heterocycles. The highest BCUT2D eigenvalue weighted by Gasteiger charge is 2.13. The van der Waals surface area contributed by atoms with E-state index in [-0.39, 0.29) is 0 Å². The highest BCUT2D eigenvalue weighted by Crippen LogP contribution is 2.32. The lowest BCUT2D eigenvalue weighted by atomic mass is 10.0. The zero-order chi connectivity index (χ0) is 15.6. The van der Waals surface area contributed by atoms with E-state index >= 15 is 0 Å². The summed E-state index contributed by atoms with van der Waals surface area (Å²) < 4.78 is 0. The number of H-pyrrole nitrogens is 1. The molecule has 0 saturated carbocycles. The number of aldehydes is 1. The van der Waals surface area contributed by atoms with Gasteiger partial charge in [-0.25, -0.2) is 0 Å². The van der Waals surface area contributed by atoms with Gasteiger partial charge in [-0.1, -0.05) is 36.4 Å². The topological polar surface area (TPSA) is 45.8 Å². The molecule has 0 aliphatic rings. The molecule has 2 aromatic carbocycles. The molecule has 2 aromatic heterocycles. The number of nitrogens with one attached hydrogen (secondary N) is 1. The molecular weight excluding hydrogens is 284 g/mol. The predicted molar refractivity (Wildman–Crippen MR) is 92.4 cm³/mol. The second kappa shape index (κ2) is 5.54. The first-order valence-corrected chi connectivity index (χ1v) is 7.43. The average molecular weight is 298 g/mol. The van der Waals surface area contributed by atoms with Gasteiger partial charge in [-0.15, -0.1) is 0 Å². The van der Waals surface area contributed by atoms with Crippen molar-refractivity contribution in [2.75, 3.05) is 0 Å². The molecule has 1 N–H and O–H groups in total. The zero-order valence-corrected chi connectivity index (χ0v) is 12.4. The molecule has 4 aromatic rings. The minimum atomic E-state index is 0.684. The Morgan fingerprint density at radius 1 is 0.826 bits per heavy atom. The Kier molecular flexibility index (Phi) is 3.24. The SMILES string of the molecule is O=Cc1c(-c2ccncc2)[nH]c2ccc(-c3ccccc3)cc12. The van der Waals surface area contributed by atoms with Crippen LogP contribution in [0, 0.1) is 0 Å². The van der Waals surface area contributed by atoms with E-state index in [0.717, 1.165) is 39.6 Å². The summed E-state index contributed by atoms with van der Waals surface area (Å²) in [7, 11) is 0. The highest BCUT2D eigenvalue weighted by molar-refractivity contribution is 6.05. The molecule has 0 fully saturated rings. The molecule has 0 bridgehead atoms. The Labute approximate surface area is 133 Å². The van der Waals surface area contributed by atoms with E-state index in [2.05, 4.69) is 34.2 Å². The second-order valence-electron chi connectivity index (χ2n) is 5.39. The molecule has 3 heteroatoms. The number of hydrogen-bond donors (Lipinski definition) is 1. The van der Waals surface area contributed by atoms with E-state index in [4.69, 9.17) is 0 Å². The summed E-state index contributed by atoms with van der Waals surface area (Å²) in [6.45, 7) is 0. The van der Waals surface area contributed by atoms with Gasteiger partial charge < -0.3 is 4.98 Å². The number of nitrogens with zero attached hydrogens (tertiary/aromatic N) is 1. The third-order valence-corrected chi connectivity index (χ3v) is 4.03. The van der Waals surface area contributed by atoms with Crippen LogP contribution in [0.3, 0.4) is 0 Å². The van der Waals surface area contributed by atoms with E-state index < -0.39 is 0 Å². The third-order valence-electron chi connectivity index (χ3n) is 4.03. The molecule has 0 aliphatic carbocycles. The monoisotopic (exact) mass is 298 g/mol. The van der Waals surface area contributed by atoms with Crippen LogP contribution < -0.4 is 0 Å². The van der Waals surface area contributed by atoms with E-state index in [1.807, 2.05) is 36.4 Å². The lowest BCUT2D eigenvalue weighted by molar-refractivity contribution is 0.112. The van der Waals surface area contributed by atoms with Gasteiger partial charge >= 0.3 is 0 Å². The normalized spacial score (nSPS) is 10.8. The molecule has 0 aliphatic heterocycles. The number of hydrogen-bond acceptors (Lipinski definition) is 2. The maximum Gasteiger partial charge on any atom is 0.152 e. The molecule has 0 unspecified atom stereocenters. The molecule has 110 valence electrons. The number of benzene rings is 2. The summed E-state index contributed by atoms with van der Waals surface area (Å²) in [5.74, 6) is 0. The minimum absolute atomic E-state index is 0.684. The highest BCUT2D eigenvalue weighted by atomic mass is 16.1.